The third-order valence-corrected chi connectivity index (χ3v) is 4.16. The Kier molecular flexibility index (Phi) is 2.97. The normalized spacial score (nSPS) is 30.4. The number of hydrogen-bond acceptors (Lipinski definition) is 3. The largest absolute Gasteiger partial charge is 0.508 e. The maximum absolute atomic E-state index is 12.3. The Hall–Kier alpha value is -2.30. The minimum atomic E-state index is -0.919. The first-order valence-electron chi connectivity index (χ1n) is 6.57. The lowest BCUT2D eigenvalue weighted by atomic mass is 9.82. The maximum Gasteiger partial charge on any atom is 0.307 e. The van der Waals surface area contributed by atoms with Gasteiger partial charge in [0.05, 0.1) is 11.8 Å². The number of phenols is 1. The monoisotopic (exact) mass is 273 g/mol. The number of hydrogen-bond donors (Lipinski definition) is 3. The van der Waals surface area contributed by atoms with Gasteiger partial charge in [-0.15, -0.1) is 0 Å². The van der Waals surface area contributed by atoms with Crippen LogP contribution < -0.4 is 5.32 Å². The molecule has 0 aromatic heterocycles. The molecule has 1 amide bonds. The first kappa shape index (κ1) is 12.7. The van der Waals surface area contributed by atoms with Gasteiger partial charge in [0.2, 0.25) is 5.91 Å². The number of fused-ring (bicyclic) bond motifs is 2. The van der Waals surface area contributed by atoms with Crippen molar-refractivity contribution in [2.24, 2.45) is 23.7 Å². The maximum atomic E-state index is 12.3. The molecule has 1 aromatic carbocycles. The predicted octanol–water partition coefficient (Wildman–Crippen LogP) is 1.85. The Morgan fingerprint density at radius 3 is 2.50 bits per heavy atom. The van der Waals surface area contributed by atoms with Gasteiger partial charge >= 0.3 is 5.97 Å². The Bertz CT molecular complexity index is 595. The molecule has 1 aromatic rings. The van der Waals surface area contributed by atoms with E-state index in [1.807, 2.05) is 12.2 Å². The van der Waals surface area contributed by atoms with Gasteiger partial charge in [0, 0.05) is 11.8 Å². The van der Waals surface area contributed by atoms with Gasteiger partial charge in [0.15, 0.2) is 0 Å². The molecule has 3 N–H and O–H groups in total. The number of benzene rings is 1. The minimum Gasteiger partial charge on any atom is -0.508 e. The molecule has 3 rings (SSSR count). The number of aliphatic carboxylic acids is 1. The summed E-state index contributed by atoms with van der Waals surface area (Å²) >= 11 is 0. The molecule has 0 unspecified atom stereocenters. The lowest BCUT2D eigenvalue weighted by molar-refractivity contribution is -0.146. The zero-order valence-electron chi connectivity index (χ0n) is 10.7. The van der Waals surface area contributed by atoms with Crippen molar-refractivity contribution in [1.82, 2.24) is 0 Å². The second-order valence-electron chi connectivity index (χ2n) is 5.38. The van der Waals surface area contributed by atoms with Crippen LogP contribution in [0.15, 0.2) is 36.4 Å². The average molecular weight is 273 g/mol. The lowest BCUT2D eigenvalue weighted by Gasteiger charge is -2.23. The molecule has 0 spiro atoms. The van der Waals surface area contributed by atoms with Gasteiger partial charge in [0.25, 0.3) is 0 Å². The minimum absolute atomic E-state index is 0.00147. The third-order valence-electron chi connectivity index (χ3n) is 4.16. The van der Waals surface area contributed by atoms with Gasteiger partial charge in [-0.05, 0) is 30.4 Å². The number of carbonyl (C=O) groups is 2. The number of aromatic hydroxyl groups is 1. The van der Waals surface area contributed by atoms with Crippen LogP contribution in [0.25, 0.3) is 0 Å². The van der Waals surface area contributed by atoms with E-state index in [2.05, 4.69) is 5.32 Å². The zero-order valence-corrected chi connectivity index (χ0v) is 10.7. The molecule has 0 heterocycles. The number of anilines is 1. The fourth-order valence-electron chi connectivity index (χ4n) is 3.33. The van der Waals surface area contributed by atoms with E-state index in [0.29, 0.717) is 5.69 Å². The molecule has 1 fully saturated rings. The highest BCUT2D eigenvalue weighted by Crippen LogP contribution is 2.48. The molecule has 0 radical (unpaired) electrons. The van der Waals surface area contributed by atoms with Crippen LogP contribution >= 0.6 is 0 Å². The van der Waals surface area contributed by atoms with E-state index < -0.39 is 17.8 Å². The summed E-state index contributed by atoms with van der Waals surface area (Å²) in [6.07, 6.45) is 4.58. The summed E-state index contributed by atoms with van der Waals surface area (Å²) in [7, 11) is 0. The van der Waals surface area contributed by atoms with Crippen molar-refractivity contribution < 1.29 is 19.8 Å². The quantitative estimate of drug-likeness (QED) is 0.733. The van der Waals surface area contributed by atoms with Crippen molar-refractivity contribution in [2.45, 2.75) is 6.42 Å². The molecule has 2 bridgehead atoms. The summed E-state index contributed by atoms with van der Waals surface area (Å²) in [5.41, 5.74) is 0.478. The van der Waals surface area contributed by atoms with E-state index in [9.17, 15) is 19.8 Å². The van der Waals surface area contributed by atoms with Crippen molar-refractivity contribution in [3.8, 4) is 5.75 Å². The van der Waals surface area contributed by atoms with Crippen LogP contribution in [0.1, 0.15) is 6.42 Å². The molecule has 0 aliphatic heterocycles. The lowest BCUT2D eigenvalue weighted by Crippen LogP contribution is -2.36. The first-order valence-corrected chi connectivity index (χ1v) is 6.57. The Labute approximate surface area is 115 Å². The zero-order chi connectivity index (χ0) is 14.3. The number of amides is 1. The van der Waals surface area contributed by atoms with Crippen LogP contribution in [0.5, 0.6) is 5.75 Å². The van der Waals surface area contributed by atoms with E-state index in [0.717, 1.165) is 6.42 Å². The van der Waals surface area contributed by atoms with E-state index in [-0.39, 0.29) is 23.5 Å². The Balaban J connectivity index is 1.80. The van der Waals surface area contributed by atoms with Crippen LogP contribution in [-0.2, 0) is 9.59 Å². The van der Waals surface area contributed by atoms with E-state index in [1.165, 1.54) is 12.1 Å². The van der Waals surface area contributed by atoms with Gasteiger partial charge in [-0.3, -0.25) is 9.59 Å². The van der Waals surface area contributed by atoms with Gasteiger partial charge in [0.1, 0.15) is 5.75 Å². The average Bonchev–Trinajstić information content (AvgIpc) is 2.98. The molecule has 5 nitrogen and oxygen atoms in total. The number of rotatable bonds is 3. The molecule has 0 saturated heterocycles. The first-order chi connectivity index (χ1) is 9.56. The topological polar surface area (TPSA) is 86.6 Å². The van der Waals surface area contributed by atoms with Crippen molar-refractivity contribution >= 4 is 17.6 Å². The number of phenolic OH excluding ortho intramolecular Hbond substituents is 1. The number of carboxylic acids is 1. The third kappa shape index (κ3) is 2.05. The van der Waals surface area contributed by atoms with Crippen LogP contribution in [0.4, 0.5) is 5.69 Å². The van der Waals surface area contributed by atoms with E-state index in [4.69, 9.17) is 0 Å². The predicted molar refractivity (Wildman–Crippen MR) is 72.1 cm³/mol. The van der Waals surface area contributed by atoms with Crippen LogP contribution in [0, 0.1) is 23.7 Å². The molecule has 2 aliphatic carbocycles. The molecule has 4 atom stereocenters. The second kappa shape index (κ2) is 4.67. The summed E-state index contributed by atoms with van der Waals surface area (Å²) in [6, 6.07) is 6.24. The van der Waals surface area contributed by atoms with Crippen molar-refractivity contribution in [1.29, 1.82) is 0 Å². The van der Waals surface area contributed by atoms with Gasteiger partial charge in [-0.25, -0.2) is 0 Å². The SMILES string of the molecule is O=C(O)[C@H]1[C@H](C(=O)Nc2cccc(O)c2)[C@H]2C=C[C@H]1C2. The summed E-state index contributed by atoms with van der Waals surface area (Å²) < 4.78 is 0. The highest BCUT2D eigenvalue weighted by molar-refractivity contribution is 5.96. The molecule has 5 heteroatoms. The summed E-state index contributed by atoms with van der Waals surface area (Å²) in [5, 5.41) is 21.4. The van der Waals surface area contributed by atoms with Crippen LogP contribution in [0.3, 0.4) is 0 Å². The molecule has 2 aliphatic rings. The van der Waals surface area contributed by atoms with E-state index >= 15 is 0 Å². The van der Waals surface area contributed by atoms with Crippen LogP contribution in [-0.4, -0.2) is 22.1 Å². The summed E-state index contributed by atoms with van der Waals surface area (Å²) in [6.45, 7) is 0. The Morgan fingerprint density at radius 1 is 1.15 bits per heavy atom. The molecular weight excluding hydrogens is 258 g/mol. The van der Waals surface area contributed by atoms with Crippen molar-refractivity contribution in [3.05, 3.63) is 36.4 Å². The van der Waals surface area contributed by atoms with Gasteiger partial charge in [-0.1, -0.05) is 18.2 Å². The number of allylic oxidation sites excluding steroid dienone is 2. The molecule has 20 heavy (non-hydrogen) atoms. The number of carbonyl (C=O) groups excluding carboxylic acids is 1. The highest BCUT2D eigenvalue weighted by atomic mass is 16.4. The fourth-order valence-corrected chi connectivity index (χ4v) is 3.33. The van der Waals surface area contributed by atoms with Crippen molar-refractivity contribution in [3.63, 3.8) is 0 Å². The van der Waals surface area contributed by atoms with Crippen LogP contribution in [0.2, 0.25) is 0 Å². The van der Waals surface area contributed by atoms with Gasteiger partial charge in [-0.2, -0.15) is 0 Å². The number of carboxylic acid groups (broad SMARTS) is 1. The summed E-state index contributed by atoms with van der Waals surface area (Å²) in [5.74, 6) is -2.38. The van der Waals surface area contributed by atoms with Gasteiger partial charge < -0.3 is 15.5 Å². The Morgan fingerprint density at radius 2 is 1.85 bits per heavy atom. The summed E-state index contributed by atoms with van der Waals surface area (Å²) in [4.78, 5) is 23.7. The molecule has 1 saturated carbocycles. The highest BCUT2D eigenvalue weighted by Gasteiger charge is 2.51. The van der Waals surface area contributed by atoms with Crippen molar-refractivity contribution in [2.75, 3.05) is 5.32 Å². The van der Waals surface area contributed by atoms with E-state index in [1.54, 1.807) is 12.1 Å². The number of nitrogens with one attached hydrogen (secondary N) is 1. The fraction of sp³-hybridized carbons (Fsp3) is 0.333. The second-order valence-corrected chi connectivity index (χ2v) is 5.38. The smallest absolute Gasteiger partial charge is 0.307 e. The standard InChI is InChI=1S/C15H15NO4/c17-11-3-1-2-10(7-11)16-14(18)12-8-4-5-9(6-8)13(12)15(19)20/h1-5,7-9,12-13,17H,6H2,(H,16,18)(H,19,20)/t8-,9-,12+,13+/m0/s1. The molecule has 104 valence electrons. The molecular formula is C15H15NO4.